The highest BCUT2D eigenvalue weighted by molar-refractivity contribution is 5.81. The summed E-state index contributed by atoms with van der Waals surface area (Å²) in [4.78, 5) is 7.81. The third-order valence-corrected chi connectivity index (χ3v) is 3.79. The third-order valence-electron chi connectivity index (χ3n) is 3.79. The maximum Gasteiger partial charge on any atom is 0.138 e. The lowest BCUT2D eigenvalue weighted by Crippen LogP contribution is -2.12. The number of aromatic amines is 1. The lowest BCUT2D eigenvalue weighted by atomic mass is 9.97. The Hall–Kier alpha value is -2.36. The number of fused-ring (bicyclic) bond motifs is 2. The number of nitrogens with one attached hydrogen (secondary N) is 2. The summed E-state index contributed by atoms with van der Waals surface area (Å²) in [7, 11) is 0. The number of halogens is 1. The lowest BCUT2D eigenvalue weighted by molar-refractivity contribution is 0.629. The first-order chi connectivity index (χ1) is 9.81. The van der Waals surface area contributed by atoms with Crippen molar-refractivity contribution in [3.63, 3.8) is 0 Å². The second kappa shape index (κ2) is 4.34. The molecule has 100 valence electrons. The topological polar surface area (TPSA) is 40.7 Å². The van der Waals surface area contributed by atoms with Crippen LogP contribution in [0.3, 0.4) is 0 Å². The van der Waals surface area contributed by atoms with Gasteiger partial charge in [0.05, 0.1) is 11.0 Å². The zero-order chi connectivity index (χ0) is 13.5. The van der Waals surface area contributed by atoms with Crippen LogP contribution in [0.25, 0.3) is 22.4 Å². The van der Waals surface area contributed by atoms with E-state index in [1.54, 1.807) is 6.07 Å². The maximum absolute atomic E-state index is 13.3. The average molecular weight is 267 g/mol. The molecule has 0 saturated carbocycles. The van der Waals surface area contributed by atoms with E-state index >= 15 is 0 Å². The normalized spacial score (nSPS) is 14.1. The Morgan fingerprint density at radius 3 is 3.05 bits per heavy atom. The molecular weight excluding hydrogens is 253 g/mol. The van der Waals surface area contributed by atoms with Crippen LogP contribution in [0.4, 0.5) is 10.1 Å². The molecule has 4 rings (SSSR count). The van der Waals surface area contributed by atoms with Gasteiger partial charge in [0.25, 0.3) is 0 Å². The van der Waals surface area contributed by atoms with Gasteiger partial charge >= 0.3 is 0 Å². The second-order valence-corrected chi connectivity index (χ2v) is 5.11. The van der Waals surface area contributed by atoms with Crippen molar-refractivity contribution in [2.45, 2.75) is 12.8 Å². The van der Waals surface area contributed by atoms with Crippen LogP contribution in [0.2, 0.25) is 0 Å². The fraction of sp³-hybridized carbons (Fsp3) is 0.188. The quantitative estimate of drug-likeness (QED) is 0.705. The van der Waals surface area contributed by atoms with Gasteiger partial charge in [0.15, 0.2) is 0 Å². The first kappa shape index (κ1) is 11.5. The molecule has 2 N–H and O–H groups in total. The SMILES string of the molecule is Fc1ccc2nc(-c3cccc4c3CCCN4)[nH]c2c1. The summed E-state index contributed by atoms with van der Waals surface area (Å²) in [6, 6.07) is 10.8. The zero-order valence-corrected chi connectivity index (χ0v) is 10.9. The van der Waals surface area contributed by atoms with Gasteiger partial charge < -0.3 is 10.3 Å². The molecule has 20 heavy (non-hydrogen) atoms. The summed E-state index contributed by atoms with van der Waals surface area (Å²) >= 11 is 0. The van der Waals surface area contributed by atoms with Gasteiger partial charge in [-0.15, -0.1) is 0 Å². The molecular formula is C16H14FN3. The van der Waals surface area contributed by atoms with Gasteiger partial charge in [-0.1, -0.05) is 12.1 Å². The minimum absolute atomic E-state index is 0.246. The number of hydrogen-bond acceptors (Lipinski definition) is 2. The van der Waals surface area contributed by atoms with Gasteiger partial charge in [0, 0.05) is 17.8 Å². The van der Waals surface area contributed by atoms with Crippen molar-refractivity contribution < 1.29 is 4.39 Å². The molecule has 0 unspecified atom stereocenters. The summed E-state index contributed by atoms with van der Waals surface area (Å²) in [5.74, 6) is 0.565. The number of hydrogen-bond donors (Lipinski definition) is 2. The van der Waals surface area contributed by atoms with Gasteiger partial charge in [-0.25, -0.2) is 9.37 Å². The van der Waals surface area contributed by atoms with Crippen LogP contribution in [0.15, 0.2) is 36.4 Å². The molecule has 0 aliphatic carbocycles. The Morgan fingerprint density at radius 2 is 2.10 bits per heavy atom. The molecule has 0 spiro atoms. The molecule has 0 bridgehead atoms. The van der Waals surface area contributed by atoms with E-state index in [2.05, 4.69) is 27.4 Å². The van der Waals surface area contributed by atoms with Gasteiger partial charge in [0.1, 0.15) is 11.6 Å². The predicted octanol–water partition coefficient (Wildman–Crippen LogP) is 3.73. The Balaban J connectivity index is 1.90. The number of nitrogens with zero attached hydrogens (tertiary/aromatic N) is 1. The van der Waals surface area contributed by atoms with Crippen molar-refractivity contribution in [2.24, 2.45) is 0 Å². The van der Waals surface area contributed by atoms with E-state index in [4.69, 9.17) is 0 Å². The van der Waals surface area contributed by atoms with E-state index in [9.17, 15) is 4.39 Å². The number of anilines is 1. The predicted molar refractivity (Wildman–Crippen MR) is 78.3 cm³/mol. The van der Waals surface area contributed by atoms with Crippen molar-refractivity contribution >= 4 is 16.7 Å². The molecule has 3 aromatic rings. The summed E-state index contributed by atoms with van der Waals surface area (Å²) in [6.45, 7) is 1.02. The number of benzene rings is 2. The van der Waals surface area contributed by atoms with Crippen LogP contribution in [0.1, 0.15) is 12.0 Å². The Morgan fingerprint density at radius 1 is 1.15 bits per heavy atom. The molecule has 2 heterocycles. The standard InChI is InChI=1S/C16H14FN3/c17-10-6-7-14-15(9-10)20-16(19-14)12-3-1-5-13-11(12)4-2-8-18-13/h1,3,5-7,9,18H,2,4,8H2,(H,19,20). The molecule has 0 fully saturated rings. The molecule has 0 radical (unpaired) electrons. The average Bonchev–Trinajstić information content (AvgIpc) is 2.89. The largest absolute Gasteiger partial charge is 0.385 e. The van der Waals surface area contributed by atoms with Gasteiger partial charge in [-0.05, 0) is 42.7 Å². The zero-order valence-electron chi connectivity index (χ0n) is 10.9. The summed E-state index contributed by atoms with van der Waals surface area (Å²) in [6.07, 6.45) is 2.17. The van der Waals surface area contributed by atoms with Crippen molar-refractivity contribution in [1.29, 1.82) is 0 Å². The van der Waals surface area contributed by atoms with Crippen molar-refractivity contribution in [3.05, 3.63) is 47.8 Å². The van der Waals surface area contributed by atoms with E-state index in [-0.39, 0.29) is 5.82 Å². The summed E-state index contributed by atoms with van der Waals surface area (Å²) in [5, 5.41) is 3.41. The molecule has 3 nitrogen and oxygen atoms in total. The van der Waals surface area contributed by atoms with Crippen LogP contribution < -0.4 is 5.32 Å². The first-order valence-corrected chi connectivity index (χ1v) is 6.83. The third kappa shape index (κ3) is 1.76. The monoisotopic (exact) mass is 267 g/mol. The molecule has 0 amide bonds. The smallest absolute Gasteiger partial charge is 0.138 e. The van der Waals surface area contributed by atoms with E-state index in [0.717, 1.165) is 41.8 Å². The Labute approximate surface area is 115 Å². The first-order valence-electron chi connectivity index (χ1n) is 6.83. The van der Waals surface area contributed by atoms with Gasteiger partial charge in [0.2, 0.25) is 0 Å². The maximum atomic E-state index is 13.3. The number of H-pyrrole nitrogens is 1. The van der Waals surface area contributed by atoms with E-state index in [0.29, 0.717) is 0 Å². The number of aromatic nitrogens is 2. The molecule has 2 aromatic carbocycles. The van der Waals surface area contributed by atoms with E-state index < -0.39 is 0 Å². The second-order valence-electron chi connectivity index (χ2n) is 5.11. The van der Waals surface area contributed by atoms with Crippen molar-refractivity contribution in [1.82, 2.24) is 9.97 Å². The lowest BCUT2D eigenvalue weighted by Gasteiger charge is -2.20. The van der Waals surface area contributed by atoms with Gasteiger partial charge in [-0.3, -0.25) is 0 Å². The van der Waals surface area contributed by atoms with Crippen LogP contribution in [0.5, 0.6) is 0 Å². The van der Waals surface area contributed by atoms with Crippen LogP contribution >= 0.6 is 0 Å². The fourth-order valence-corrected chi connectivity index (χ4v) is 2.84. The van der Waals surface area contributed by atoms with Gasteiger partial charge in [-0.2, -0.15) is 0 Å². The van der Waals surface area contributed by atoms with Crippen molar-refractivity contribution in [2.75, 3.05) is 11.9 Å². The molecule has 1 aromatic heterocycles. The van der Waals surface area contributed by atoms with Crippen LogP contribution in [0, 0.1) is 5.82 Å². The molecule has 4 heteroatoms. The summed E-state index contributed by atoms with van der Waals surface area (Å²) in [5.41, 5.74) is 5.11. The number of rotatable bonds is 1. The van der Waals surface area contributed by atoms with E-state index in [1.165, 1.54) is 23.4 Å². The minimum atomic E-state index is -0.246. The van der Waals surface area contributed by atoms with Crippen LogP contribution in [-0.2, 0) is 6.42 Å². The fourth-order valence-electron chi connectivity index (χ4n) is 2.84. The highest BCUT2D eigenvalue weighted by Crippen LogP contribution is 2.32. The molecule has 0 saturated heterocycles. The van der Waals surface area contributed by atoms with Crippen LogP contribution in [-0.4, -0.2) is 16.5 Å². The minimum Gasteiger partial charge on any atom is -0.385 e. The molecule has 0 atom stereocenters. The highest BCUT2D eigenvalue weighted by atomic mass is 19.1. The molecule has 1 aliphatic heterocycles. The van der Waals surface area contributed by atoms with E-state index in [1.807, 2.05) is 6.07 Å². The number of imidazole rings is 1. The Bertz CT molecular complexity index is 792. The van der Waals surface area contributed by atoms with Crippen molar-refractivity contribution in [3.8, 4) is 11.4 Å². The summed E-state index contributed by atoms with van der Waals surface area (Å²) < 4.78 is 13.3. The molecule has 1 aliphatic rings. The highest BCUT2D eigenvalue weighted by Gasteiger charge is 2.16. The Kier molecular flexibility index (Phi) is 2.49.